The highest BCUT2D eigenvalue weighted by molar-refractivity contribution is 5.77. The molecule has 0 N–H and O–H groups in total. The van der Waals surface area contributed by atoms with Crippen molar-refractivity contribution in [2.45, 2.75) is 71.1 Å². The highest BCUT2D eigenvalue weighted by Crippen LogP contribution is 2.13. The van der Waals surface area contributed by atoms with Crippen molar-refractivity contribution >= 4 is 17.6 Å². The fraction of sp³-hybridized carbons (Fsp3) is 0.619. The summed E-state index contributed by atoms with van der Waals surface area (Å²) >= 11 is 0. The van der Waals surface area contributed by atoms with Crippen LogP contribution in [0, 0.1) is 10.1 Å². The minimum absolute atomic E-state index is 0.00609. The zero-order chi connectivity index (χ0) is 20.6. The van der Waals surface area contributed by atoms with Gasteiger partial charge in [0, 0.05) is 18.6 Å². The van der Waals surface area contributed by atoms with Crippen molar-refractivity contribution in [1.29, 1.82) is 0 Å². The summed E-state index contributed by atoms with van der Waals surface area (Å²) in [4.78, 5) is 33.6. The molecule has 0 unspecified atom stereocenters. The minimum atomic E-state index is -0.474. The summed E-state index contributed by atoms with van der Waals surface area (Å²) in [5.74, 6) is -0.861. The second-order valence-corrected chi connectivity index (χ2v) is 6.74. The van der Waals surface area contributed by atoms with Crippen molar-refractivity contribution in [3.63, 3.8) is 0 Å². The molecule has 0 aliphatic rings. The average Bonchev–Trinajstić information content (AvgIpc) is 2.68. The van der Waals surface area contributed by atoms with Crippen molar-refractivity contribution in [2.75, 3.05) is 13.2 Å². The van der Waals surface area contributed by atoms with Crippen molar-refractivity contribution in [3.8, 4) is 0 Å². The largest absolute Gasteiger partial charge is 0.466 e. The Morgan fingerprint density at radius 3 is 2.18 bits per heavy atom. The van der Waals surface area contributed by atoms with Crippen LogP contribution in [0.4, 0.5) is 5.69 Å². The van der Waals surface area contributed by atoms with Crippen LogP contribution in [0.3, 0.4) is 0 Å². The lowest BCUT2D eigenvalue weighted by Gasteiger charge is -2.06. The van der Waals surface area contributed by atoms with Crippen LogP contribution in [-0.2, 0) is 25.5 Å². The van der Waals surface area contributed by atoms with Gasteiger partial charge in [-0.15, -0.1) is 0 Å². The van der Waals surface area contributed by atoms with Gasteiger partial charge in [-0.25, -0.2) is 0 Å². The van der Waals surface area contributed by atoms with Gasteiger partial charge in [0.1, 0.15) is 0 Å². The van der Waals surface area contributed by atoms with E-state index >= 15 is 0 Å². The molecule has 1 aromatic rings. The van der Waals surface area contributed by atoms with Crippen molar-refractivity contribution in [1.82, 2.24) is 0 Å². The molecule has 0 saturated carbocycles. The van der Waals surface area contributed by atoms with Crippen LogP contribution < -0.4 is 0 Å². The van der Waals surface area contributed by atoms with Gasteiger partial charge in [0.2, 0.25) is 0 Å². The van der Waals surface area contributed by atoms with E-state index in [1.165, 1.54) is 37.8 Å². The fourth-order valence-electron chi connectivity index (χ4n) is 2.70. The van der Waals surface area contributed by atoms with E-state index in [1.54, 1.807) is 12.1 Å². The number of benzene rings is 1. The normalized spacial score (nSPS) is 10.5. The van der Waals surface area contributed by atoms with Gasteiger partial charge in [0.05, 0.1) is 31.0 Å². The molecule has 1 rings (SSSR count). The van der Waals surface area contributed by atoms with Gasteiger partial charge in [0.15, 0.2) is 0 Å². The number of carbonyl (C=O) groups excluding carboxylic acids is 2. The monoisotopic (exact) mass is 393 g/mol. The van der Waals surface area contributed by atoms with Crippen LogP contribution >= 0.6 is 0 Å². The van der Waals surface area contributed by atoms with Gasteiger partial charge in [0.25, 0.3) is 5.69 Å². The van der Waals surface area contributed by atoms with Gasteiger partial charge in [-0.1, -0.05) is 57.6 Å². The lowest BCUT2D eigenvalue weighted by Crippen LogP contribution is -2.12. The number of nitro groups is 1. The molecule has 7 nitrogen and oxygen atoms in total. The second kappa shape index (κ2) is 14.6. The third kappa shape index (κ3) is 11.3. The summed E-state index contributed by atoms with van der Waals surface area (Å²) in [5.41, 5.74) is 0.726. The Balaban J connectivity index is 2.06. The van der Waals surface area contributed by atoms with Crippen LogP contribution in [-0.4, -0.2) is 30.1 Å². The maximum atomic E-state index is 11.7. The molecule has 0 bridgehead atoms. The Kier molecular flexibility index (Phi) is 12.3. The first-order chi connectivity index (χ1) is 13.5. The second-order valence-electron chi connectivity index (χ2n) is 6.74. The molecular formula is C21H31NO6. The maximum Gasteiger partial charge on any atom is 0.306 e. The fourth-order valence-corrected chi connectivity index (χ4v) is 2.70. The maximum absolute atomic E-state index is 11.7. The summed E-state index contributed by atoms with van der Waals surface area (Å²) in [7, 11) is 0. The third-order valence-corrected chi connectivity index (χ3v) is 4.32. The Hall–Kier alpha value is -2.44. The van der Waals surface area contributed by atoms with E-state index in [0.717, 1.165) is 24.8 Å². The molecule has 7 heteroatoms. The summed E-state index contributed by atoms with van der Waals surface area (Å²) in [6, 6.07) is 6.20. The summed E-state index contributed by atoms with van der Waals surface area (Å²) in [6.45, 7) is 2.70. The molecule has 0 aliphatic heterocycles. The van der Waals surface area contributed by atoms with Gasteiger partial charge in [-0.05, 0) is 12.0 Å². The van der Waals surface area contributed by atoms with E-state index < -0.39 is 10.9 Å². The van der Waals surface area contributed by atoms with Crippen LogP contribution in [0.25, 0.3) is 0 Å². The number of hydrogen-bond donors (Lipinski definition) is 0. The first-order valence-electron chi connectivity index (χ1n) is 10.1. The van der Waals surface area contributed by atoms with Gasteiger partial charge >= 0.3 is 11.9 Å². The molecule has 0 saturated heterocycles. The average molecular weight is 393 g/mol. The molecule has 28 heavy (non-hydrogen) atoms. The Morgan fingerprint density at radius 1 is 0.929 bits per heavy atom. The number of hydrogen-bond acceptors (Lipinski definition) is 6. The van der Waals surface area contributed by atoms with Gasteiger partial charge in [-0.2, -0.15) is 0 Å². The molecule has 0 spiro atoms. The number of rotatable bonds is 15. The first kappa shape index (κ1) is 23.6. The van der Waals surface area contributed by atoms with Crippen LogP contribution in [0.15, 0.2) is 24.3 Å². The van der Waals surface area contributed by atoms with Gasteiger partial charge < -0.3 is 9.47 Å². The zero-order valence-corrected chi connectivity index (χ0v) is 16.7. The molecule has 1 aromatic carbocycles. The first-order valence-corrected chi connectivity index (χ1v) is 10.1. The van der Waals surface area contributed by atoms with E-state index in [2.05, 4.69) is 6.92 Å². The van der Waals surface area contributed by atoms with Crippen molar-refractivity contribution < 1.29 is 24.0 Å². The predicted octanol–water partition coefficient (Wildman–Crippen LogP) is 4.75. The molecule has 0 aromatic heterocycles. The van der Waals surface area contributed by atoms with Crippen molar-refractivity contribution in [3.05, 3.63) is 39.9 Å². The number of ether oxygens (including phenoxy) is 2. The molecule has 0 fully saturated rings. The van der Waals surface area contributed by atoms with E-state index in [-0.39, 0.29) is 31.1 Å². The molecular weight excluding hydrogens is 362 g/mol. The number of esters is 2. The van der Waals surface area contributed by atoms with Crippen LogP contribution in [0.2, 0.25) is 0 Å². The summed E-state index contributed by atoms with van der Waals surface area (Å²) < 4.78 is 10.2. The van der Waals surface area contributed by atoms with Crippen LogP contribution in [0.1, 0.15) is 70.3 Å². The summed E-state index contributed by atoms with van der Waals surface area (Å²) in [5, 5.41) is 10.7. The number of unbranched alkanes of at least 4 members (excludes halogenated alkanes) is 6. The lowest BCUT2D eigenvalue weighted by molar-refractivity contribution is -0.384. The number of non-ortho nitro benzene ring substituents is 1. The van der Waals surface area contributed by atoms with E-state index in [9.17, 15) is 19.7 Å². The van der Waals surface area contributed by atoms with Crippen LogP contribution in [0.5, 0.6) is 0 Å². The van der Waals surface area contributed by atoms with Crippen molar-refractivity contribution in [2.24, 2.45) is 0 Å². The van der Waals surface area contributed by atoms with Gasteiger partial charge in [-0.3, -0.25) is 19.7 Å². The molecule has 0 amide bonds. The quantitative estimate of drug-likeness (QED) is 0.185. The number of nitro benzene ring substituents is 1. The minimum Gasteiger partial charge on any atom is -0.466 e. The summed E-state index contributed by atoms with van der Waals surface area (Å²) in [6.07, 6.45) is 8.43. The zero-order valence-electron chi connectivity index (χ0n) is 16.7. The molecule has 0 aliphatic carbocycles. The van der Waals surface area contributed by atoms with E-state index in [4.69, 9.17) is 9.47 Å². The Bertz CT molecular complexity index is 617. The molecule has 0 radical (unpaired) electrons. The number of carbonyl (C=O) groups is 2. The number of nitrogens with zero attached hydrogens (tertiary/aromatic N) is 1. The van der Waals surface area contributed by atoms with E-state index in [0.29, 0.717) is 13.0 Å². The Labute approximate surface area is 166 Å². The highest BCUT2D eigenvalue weighted by Gasteiger charge is 2.10. The lowest BCUT2D eigenvalue weighted by atomic mass is 10.1. The molecule has 156 valence electrons. The third-order valence-electron chi connectivity index (χ3n) is 4.32. The highest BCUT2D eigenvalue weighted by atomic mass is 16.6. The SMILES string of the molecule is CCCCCCCCCOC(=O)CCC(=O)OCCc1cccc([N+](=O)[O-])c1. The van der Waals surface area contributed by atoms with E-state index in [1.807, 2.05) is 0 Å². The predicted molar refractivity (Wildman–Crippen MR) is 106 cm³/mol. The Morgan fingerprint density at radius 2 is 1.54 bits per heavy atom. The smallest absolute Gasteiger partial charge is 0.306 e. The molecule has 0 heterocycles. The molecule has 0 atom stereocenters. The standard InChI is InChI=1S/C21H31NO6/c1-2-3-4-5-6-7-8-15-27-20(23)12-13-21(24)28-16-14-18-10-9-11-19(17-18)22(25)26/h9-11,17H,2-8,12-16H2,1H3. The topological polar surface area (TPSA) is 95.7 Å².